The number of nitrogens with two attached hydrogens (primary N) is 1. The molecule has 0 unspecified atom stereocenters. The van der Waals surface area contributed by atoms with Gasteiger partial charge in [0.1, 0.15) is 0 Å². The van der Waals surface area contributed by atoms with Gasteiger partial charge in [0.15, 0.2) is 5.13 Å². The zero-order chi connectivity index (χ0) is 13.1. The molecule has 0 bridgehead atoms. The minimum absolute atomic E-state index is 0.194. The first kappa shape index (κ1) is 12.7. The quantitative estimate of drug-likeness (QED) is 0.884. The number of aryl methyl sites for hydroxylation is 2. The van der Waals surface area contributed by atoms with Gasteiger partial charge >= 0.3 is 0 Å². The summed E-state index contributed by atoms with van der Waals surface area (Å²) in [7, 11) is 0. The maximum Gasteiger partial charge on any atom is 0.257 e. The molecule has 0 aliphatic rings. The van der Waals surface area contributed by atoms with Gasteiger partial charge in [-0.15, -0.1) is 11.3 Å². The summed E-state index contributed by atoms with van der Waals surface area (Å²) in [5.41, 5.74) is 7.65. The van der Waals surface area contributed by atoms with Crippen LogP contribution in [0.15, 0.2) is 18.3 Å². The number of rotatable bonds is 3. The van der Waals surface area contributed by atoms with E-state index in [0.29, 0.717) is 22.9 Å². The maximum atomic E-state index is 12.0. The zero-order valence-corrected chi connectivity index (χ0v) is 11.0. The summed E-state index contributed by atoms with van der Waals surface area (Å²) in [5, 5.41) is 3.38. The fraction of sp³-hybridized carbons (Fsp3) is 0.250. The molecule has 2 heterocycles. The molecule has 2 rings (SSSR count). The van der Waals surface area contributed by atoms with Gasteiger partial charge < -0.3 is 5.73 Å². The lowest BCUT2D eigenvalue weighted by Gasteiger charge is -2.02. The number of carbonyl (C=O) groups excluding carboxylic acids is 1. The molecule has 0 aromatic carbocycles. The highest BCUT2D eigenvalue weighted by atomic mass is 32.1. The topological polar surface area (TPSA) is 80.9 Å². The minimum Gasteiger partial charge on any atom is -0.325 e. The Hall–Kier alpha value is -1.79. The van der Waals surface area contributed by atoms with Gasteiger partial charge in [-0.2, -0.15) is 0 Å². The van der Waals surface area contributed by atoms with E-state index < -0.39 is 0 Å². The molecule has 94 valence electrons. The van der Waals surface area contributed by atoms with Gasteiger partial charge in [-0.1, -0.05) is 0 Å². The molecule has 2 aromatic heterocycles. The third-order valence-corrected chi connectivity index (χ3v) is 3.53. The summed E-state index contributed by atoms with van der Waals surface area (Å²) in [6.45, 7) is 4.21. The first-order valence-corrected chi connectivity index (χ1v) is 6.32. The van der Waals surface area contributed by atoms with Gasteiger partial charge in [0.25, 0.3) is 5.91 Å². The molecule has 3 N–H and O–H groups in total. The van der Waals surface area contributed by atoms with Crippen molar-refractivity contribution in [1.29, 1.82) is 0 Å². The van der Waals surface area contributed by atoms with E-state index >= 15 is 0 Å². The van der Waals surface area contributed by atoms with Crippen molar-refractivity contribution in [3.63, 3.8) is 0 Å². The molecule has 0 fully saturated rings. The van der Waals surface area contributed by atoms with Gasteiger partial charge in [-0.25, -0.2) is 4.98 Å². The Bertz CT molecular complexity index is 560. The van der Waals surface area contributed by atoms with Crippen LogP contribution in [0.1, 0.15) is 26.6 Å². The Morgan fingerprint density at radius 1 is 1.50 bits per heavy atom. The van der Waals surface area contributed by atoms with Gasteiger partial charge in [0, 0.05) is 23.2 Å². The third-order valence-electron chi connectivity index (χ3n) is 2.54. The predicted octanol–water partition coefficient (Wildman–Crippen LogP) is 1.87. The van der Waals surface area contributed by atoms with Crippen LogP contribution in [0.4, 0.5) is 5.13 Å². The lowest BCUT2D eigenvalue weighted by molar-refractivity contribution is 0.102. The largest absolute Gasteiger partial charge is 0.325 e. The number of hydrogen-bond acceptors (Lipinski definition) is 5. The van der Waals surface area contributed by atoms with Crippen molar-refractivity contribution in [3.05, 3.63) is 40.2 Å². The predicted molar refractivity (Wildman–Crippen MR) is 71.7 cm³/mol. The number of pyridine rings is 1. The Kier molecular flexibility index (Phi) is 3.69. The lowest BCUT2D eigenvalue weighted by atomic mass is 10.2. The summed E-state index contributed by atoms with van der Waals surface area (Å²) >= 11 is 1.46. The Morgan fingerprint density at radius 3 is 2.89 bits per heavy atom. The molecular formula is C12H14N4OS. The molecule has 0 aliphatic heterocycles. The number of carbonyl (C=O) groups is 1. The normalized spacial score (nSPS) is 10.4. The third kappa shape index (κ3) is 2.72. The van der Waals surface area contributed by atoms with Crippen LogP contribution >= 0.6 is 11.3 Å². The van der Waals surface area contributed by atoms with E-state index in [9.17, 15) is 4.79 Å². The molecule has 5 nitrogen and oxygen atoms in total. The van der Waals surface area contributed by atoms with Crippen molar-refractivity contribution in [1.82, 2.24) is 9.97 Å². The molecule has 0 saturated heterocycles. The molecule has 2 aromatic rings. The first-order valence-electron chi connectivity index (χ1n) is 5.50. The highest BCUT2D eigenvalue weighted by Gasteiger charge is 2.10. The van der Waals surface area contributed by atoms with Crippen LogP contribution in [0.2, 0.25) is 0 Å². The van der Waals surface area contributed by atoms with Gasteiger partial charge in [-0.05, 0) is 26.0 Å². The second kappa shape index (κ2) is 5.24. The summed E-state index contributed by atoms with van der Waals surface area (Å²) in [6, 6.07) is 3.34. The van der Waals surface area contributed by atoms with Crippen LogP contribution in [-0.2, 0) is 6.54 Å². The smallest absolute Gasteiger partial charge is 0.257 e. The van der Waals surface area contributed by atoms with Gasteiger partial charge in [0.05, 0.1) is 11.4 Å². The van der Waals surface area contributed by atoms with Crippen molar-refractivity contribution >= 4 is 22.4 Å². The van der Waals surface area contributed by atoms with Crippen LogP contribution in [0.25, 0.3) is 0 Å². The van der Waals surface area contributed by atoms with Gasteiger partial charge in [-0.3, -0.25) is 15.1 Å². The molecular weight excluding hydrogens is 248 g/mol. The second-order valence-electron chi connectivity index (χ2n) is 3.85. The maximum absolute atomic E-state index is 12.0. The van der Waals surface area contributed by atoms with Crippen LogP contribution in [-0.4, -0.2) is 15.9 Å². The molecule has 0 radical (unpaired) electrons. The van der Waals surface area contributed by atoms with Crippen molar-refractivity contribution in [2.24, 2.45) is 5.73 Å². The number of thiazole rings is 1. The Labute approximate surface area is 109 Å². The van der Waals surface area contributed by atoms with Crippen molar-refractivity contribution in [3.8, 4) is 0 Å². The molecule has 0 atom stereocenters. The number of hydrogen-bond donors (Lipinski definition) is 2. The SMILES string of the molecule is Cc1nc(NC(=O)c2ccnc(CN)c2)sc1C. The molecule has 0 spiro atoms. The number of nitrogens with zero attached hydrogens (tertiary/aromatic N) is 2. The molecule has 18 heavy (non-hydrogen) atoms. The van der Waals surface area contributed by atoms with E-state index in [1.165, 1.54) is 11.3 Å². The summed E-state index contributed by atoms with van der Waals surface area (Å²) in [6.07, 6.45) is 1.58. The first-order chi connectivity index (χ1) is 8.60. The Balaban J connectivity index is 2.16. The van der Waals surface area contributed by atoms with Gasteiger partial charge in [0.2, 0.25) is 0 Å². The van der Waals surface area contributed by atoms with E-state index in [-0.39, 0.29) is 5.91 Å². The van der Waals surface area contributed by atoms with E-state index in [2.05, 4.69) is 15.3 Å². The minimum atomic E-state index is -0.194. The summed E-state index contributed by atoms with van der Waals surface area (Å²) < 4.78 is 0. The van der Waals surface area contributed by atoms with Crippen LogP contribution in [0.3, 0.4) is 0 Å². The number of anilines is 1. The molecule has 0 saturated carbocycles. The molecule has 0 aliphatic carbocycles. The zero-order valence-electron chi connectivity index (χ0n) is 10.2. The fourth-order valence-electron chi connectivity index (χ4n) is 1.43. The van der Waals surface area contributed by atoms with E-state index in [1.54, 1.807) is 18.3 Å². The standard InChI is InChI=1S/C12H14N4OS/c1-7-8(2)18-12(15-7)16-11(17)9-3-4-14-10(5-9)6-13/h3-5H,6,13H2,1-2H3,(H,15,16,17). The van der Waals surface area contributed by atoms with Crippen LogP contribution < -0.4 is 11.1 Å². The number of nitrogens with one attached hydrogen (secondary N) is 1. The van der Waals surface area contributed by atoms with Crippen molar-refractivity contribution < 1.29 is 4.79 Å². The van der Waals surface area contributed by atoms with E-state index in [0.717, 1.165) is 10.6 Å². The van der Waals surface area contributed by atoms with E-state index in [4.69, 9.17) is 5.73 Å². The Morgan fingerprint density at radius 2 is 2.28 bits per heavy atom. The van der Waals surface area contributed by atoms with E-state index in [1.807, 2.05) is 13.8 Å². The lowest BCUT2D eigenvalue weighted by Crippen LogP contribution is -2.13. The average molecular weight is 262 g/mol. The molecule has 6 heteroatoms. The highest BCUT2D eigenvalue weighted by molar-refractivity contribution is 7.15. The number of aromatic nitrogens is 2. The summed E-state index contributed by atoms with van der Waals surface area (Å²) in [4.78, 5) is 21.4. The number of amides is 1. The monoisotopic (exact) mass is 262 g/mol. The highest BCUT2D eigenvalue weighted by Crippen LogP contribution is 2.21. The van der Waals surface area contributed by atoms with Crippen molar-refractivity contribution in [2.75, 3.05) is 5.32 Å². The second-order valence-corrected chi connectivity index (χ2v) is 5.06. The summed E-state index contributed by atoms with van der Waals surface area (Å²) in [5.74, 6) is -0.194. The average Bonchev–Trinajstić information content (AvgIpc) is 2.68. The van der Waals surface area contributed by atoms with Crippen LogP contribution in [0, 0.1) is 13.8 Å². The van der Waals surface area contributed by atoms with Crippen LogP contribution in [0.5, 0.6) is 0 Å². The fourth-order valence-corrected chi connectivity index (χ4v) is 2.24. The molecule has 1 amide bonds. The van der Waals surface area contributed by atoms with Crippen molar-refractivity contribution in [2.45, 2.75) is 20.4 Å².